The fourth-order valence-corrected chi connectivity index (χ4v) is 7.98. The van der Waals surface area contributed by atoms with Crippen LogP contribution in [0.2, 0.25) is 0 Å². The average molecular weight is 394 g/mol. The molecule has 4 aliphatic rings. The Morgan fingerprint density at radius 2 is 1.79 bits per heavy atom. The zero-order valence-corrected chi connectivity index (χ0v) is 18.5. The third-order valence-electron chi connectivity index (χ3n) is 9.18. The monoisotopic (exact) mass is 393 g/mol. The Kier molecular flexibility index (Phi) is 4.92. The molecule has 5 atom stereocenters. The summed E-state index contributed by atoms with van der Waals surface area (Å²) in [7, 11) is 0. The van der Waals surface area contributed by atoms with Gasteiger partial charge in [0.25, 0.3) is 0 Å². The number of fused-ring (bicyclic) bond motifs is 5. The van der Waals surface area contributed by atoms with E-state index in [0.717, 1.165) is 57.8 Å². The maximum absolute atomic E-state index is 13.5. The lowest BCUT2D eigenvalue weighted by molar-refractivity contribution is -0.131. The molecule has 3 nitrogen and oxygen atoms in total. The Balaban J connectivity index is 1.86. The predicted octanol–water partition coefficient (Wildman–Crippen LogP) is 6.31. The molecule has 29 heavy (non-hydrogen) atoms. The molecule has 4 rings (SSSR count). The highest BCUT2D eigenvalue weighted by Crippen LogP contribution is 2.66. The maximum Gasteiger partial charge on any atom is 0.227 e. The van der Waals surface area contributed by atoms with Gasteiger partial charge in [-0.1, -0.05) is 58.3 Å². The molecule has 4 aliphatic carbocycles. The summed E-state index contributed by atoms with van der Waals surface area (Å²) in [5, 5.41) is 0. The minimum Gasteiger partial charge on any atom is -0.307 e. The number of allylic oxidation sites excluding steroid dienone is 4. The zero-order chi connectivity index (χ0) is 21.0. The van der Waals surface area contributed by atoms with E-state index in [1.54, 1.807) is 0 Å². The van der Waals surface area contributed by atoms with Crippen LogP contribution in [-0.2, 0) is 9.59 Å². The molecular weight excluding hydrogens is 358 g/mol. The van der Waals surface area contributed by atoms with E-state index in [1.807, 2.05) is 6.08 Å². The van der Waals surface area contributed by atoms with Gasteiger partial charge in [0, 0.05) is 22.7 Å². The van der Waals surface area contributed by atoms with Gasteiger partial charge >= 0.3 is 0 Å². The third kappa shape index (κ3) is 2.60. The Morgan fingerprint density at radius 3 is 2.41 bits per heavy atom. The zero-order valence-electron chi connectivity index (χ0n) is 18.5. The smallest absolute Gasteiger partial charge is 0.227 e. The van der Waals surface area contributed by atoms with E-state index >= 15 is 0 Å². The van der Waals surface area contributed by atoms with Crippen LogP contribution in [-0.4, -0.2) is 11.6 Å². The summed E-state index contributed by atoms with van der Waals surface area (Å²) in [5.74, 6) is 1.91. The molecule has 0 saturated heterocycles. The van der Waals surface area contributed by atoms with Crippen LogP contribution in [0.3, 0.4) is 0 Å². The normalized spacial score (nSPS) is 40.3. The van der Waals surface area contributed by atoms with Gasteiger partial charge in [-0.15, -0.1) is 0 Å². The van der Waals surface area contributed by atoms with Crippen molar-refractivity contribution >= 4 is 11.6 Å². The minimum absolute atomic E-state index is 0.0649. The number of hydrogen-bond acceptors (Lipinski definition) is 2. The first-order chi connectivity index (χ1) is 13.8. The summed E-state index contributed by atoms with van der Waals surface area (Å²) in [6.45, 7) is 16.5. The van der Waals surface area contributed by atoms with E-state index in [0.29, 0.717) is 29.2 Å². The van der Waals surface area contributed by atoms with Crippen molar-refractivity contribution in [3.63, 3.8) is 0 Å². The topological polar surface area (TPSA) is 38.5 Å². The van der Waals surface area contributed by atoms with Crippen LogP contribution in [0.5, 0.6) is 0 Å². The molecule has 0 aliphatic heterocycles. The van der Waals surface area contributed by atoms with Crippen LogP contribution >= 0.6 is 0 Å². The SMILES string of the molecule is [C-]#[N+]C1=C[C@@]2(C)C(=CC[C@@H]3[C@@H]2CC[C@]2(C)C(=O)CC[C@@H]32)C(CCC)(CCC)C1=O. The van der Waals surface area contributed by atoms with Crippen LogP contribution in [0, 0.1) is 40.6 Å². The highest BCUT2D eigenvalue weighted by atomic mass is 16.1. The molecule has 2 fully saturated rings. The Bertz CT molecular complexity index is 837. The fraction of sp³-hybridized carbons (Fsp3) is 0.731. The first-order valence-electron chi connectivity index (χ1n) is 11.7. The number of carbonyl (C=O) groups excluding carboxylic acids is 2. The second kappa shape index (κ2) is 6.93. The molecule has 2 saturated carbocycles. The molecule has 0 N–H and O–H groups in total. The molecule has 0 aromatic carbocycles. The molecule has 0 unspecified atom stereocenters. The van der Waals surface area contributed by atoms with Crippen molar-refractivity contribution in [3.05, 3.63) is 34.8 Å². The quantitative estimate of drug-likeness (QED) is 0.415. The number of rotatable bonds is 4. The molecule has 0 bridgehead atoms. The van der Waals surface area contributed by atoms with E-state index in [4.69, 9.17) is 6.57 Å². The van der Waals surface area contributed by atoms with E-state index in [-0.39, 0.29) is 16.6 Å². The first kappa shape index (κ1) is 20.6. The average Bonchev–Trinajstić information content (AvgIpc) is 3.00. The molecular formula is C26H35NO2. The molecule has 0 spiro atoms. The van der Waals surface area contributed by atoms with Gasteiger partial charge in [-0.25, -0.2) is 4.85 Å². The standard InChI is InChI=1S/C26H35NO2/c1-6-13-26(14-7-2)21-10-8-17-18-9-11-22(28)24(18,3)15-12-19(17)25(21,4)16-20(27-5)23(26)29/h10,16-19H,6-9,11-15H2,1-4H3/t17-,18-,19-,24-,25+/m0/s1. The lowest BCUT2D eigenvalue weighted by Crippen LogP contribution is -2.54. The minimum atomic E-state index is -0.496. The lowest BCUT2D eigenvalue weighted by atomic mass is 9.45. The van der Waals surface area contributed by atoms with Crippen molar-refractivity contribution in [2.24, 2.45) is 34.0 Å². The second-order valence-electron chi connectivity index (χ2n) is 10.5. The van der Waals surface area contributed by atoms with Crippen molar-refractivity contribution < 1.29 is 9.59 Å². The summed E-state index contributed by atoms with van der Waals surface area (Å²) in [6.07, 6.45) is 12.7. The highest BCUT2D eigenvalue weighted by Gasteiger charge is 2.61. The highest BCUT2D eigenvalue weighted by molar-refractivity contribution is 6.05. The van der Waals surface area contributed by atoms with Crippen molar-refractivity contribution in [2.45, 2.75) is 85.5 Å². The molecule has 0 aromatic rings. The van der Waals surface area contributed by atoms with Crippen molar-refractivity contribution in [1.29, 1.82) is 0 Å². The van der Waals surface area contributed by atoms with Gasteiger partial charge in [0.15, 0.2) is 5.78 Å². The lowest BCUT2D eigenvalue weighted by Gasteiger charge is -2.58. The van der Waals surface area contributed by atoms with Crippen LogP contribution in [0.15, 0.2) is 23.4 Å². The number of ketones is 2. The van der Waals surface area contributed by atoms with Gasteiger partial charge in [0.05, 0.1) is 6.57 Å². The van der Waals surface area contributed by atoms with E-state index in [2.05, 4.69) is 38.6 Å². The second-order valence-corrected chi connectivity index (χ2v) is 10.5. The number of carbonyl (C=O) groups is 2. The molecule has 0 aromatic heterocycles. The van der Waals surface area contributed by atoms with Crippen molar-refractivity contribution in [2.75, 3.05) is 0 Å². The van der Waals surface area contributed by atoms with Crippen LogP contribution in [0.25, 0.3) is 4.85 Å². The Labute approximate surface area is 175 Å². The van der Waals surface area contributed by atoms with Gasteiger partial charge in [-0.3, -0.25) is 4.79 Å². The van der Waals surface area contributed by atoms with Crippen LogP contribution in [0.1, 0.15) is 85.5 Å². The molecule has 3 heteroatoms. The molecule has 0 amide bonds. The predicted molar refractivity (Wildman–Crippen MR) is 115 cm³/mol. The summed E-state index contributed by atoms with van der Waals surface area (Å²) in [5.41, 5.74) is 0.796. The summed E-state index contributed by atoms with van der Waals surface area (Å²) < 4.78 is 0. The summed E-state index contributed by atoms with van der Waals surface area (Å²) in [4.78, 5) is 29.9. The maximum atomic E-state index is 13.5. The number of Topliss-reactive ketones (excluding diaryl/α,β-unsaturated/α-hetero) is 2. The van der Waals surface area contributed by atoms with Gasteiger partial charge in [0.2, 0.25) is 5.70 Å². The van der Waals surface area contributed by atoms with Crippen LogP contribution < -0.4 is 0 Å². The summed E-state index contributed by atoms with van der Waals surface area (Å²) in [6, 6.07) is 0. The first-order valence-corrected chi connectivity index (χ1v) is 11.7. The van der Waals surface area contributed by atoms with E-state index in [9.17, 15) is 9.59 Å². The van der Waals surface area contributed by atoms with Gasteiger partial charge < -0.3 is 4.79 Å². The molecule has 156 valence electrons. The van der Waals surface area contributed by atoms with E-state index in [1.165, 1.54) is 5.57 Å². The van der Waals surface area contributed by atoms with Gasteiger partial charge in [0.1, 0.15) is 5.78 Å². The largest absolute Gasteiger partial charge is 0.307 e. The molecule has 0 radical (unpaired) electrons. The Morgan fingerprint density at radius 1 is 1.10 bits per heavy atom. The fourth-order valence-electron chi connectivity index (χ4n) is 7.98. The number of hydrogen-bond donors (Lipinski definition) is 0. The van der Waals surface area contributed by atoms with E-state index < -0.39 is 5.41 Å². The van der Waals surface area contributed by atoms with Gasteiger partial charge in [-0.05, 0) is 56.3 Å². The van der Waals surface area contributed by atoms with Crippen molar-refractivity contribution in [1.82, 2.24) is 0 Å². The van der Waals surface area contributed by atoms with Crippen LogP contribution in [0.4, 0.5) is 0 Å². The number of nitrogens with zero attached hydrogens (tertiary/aromatic N) is 1. The molecule has 0 heterocycles. The Hall–Kier alpha value is -1.69. The third-order valence-corrected chi connectivity index (χ3v) is 9.18. The summed E-state index contributed by atoms with van der Waals surface area (Å²) >= 11 is 0. The van der Waals surface area contributed by atoms with Gasteiger partial charge in [-0.2, -0.15) is 0 Å². The van der Waals surface area contributed by atoms with Crippen molar-refractivity contribution in [3.8, 4) is 0 Å².